The summed E-state index contributed by atoms with van der Waals surface area (Å²) in [6.07, 6.45) is 3.10. The summed E-state index contributed by atoms with van der Waals surface area (Å²) in [6, 6.07) is -0.184. The Morgan fingerprint density at radius 2 is 2.09 bits per heavy atom. The quantitative estimate of drug-likeness (QED) is 0.290. The van der Waals surface area contributed by atoms with Gasteiger partial charge in [0.25, 0.3) is 5.91 Å². The highest BCUT2D eigenvalue weighted by atomic mass is 35.5. The summed E-state index contributed by atoms with van der Waals surface area (Å²) in [5.74, 6) is -1.24. The molecule has 2 N–H and O–H groups in total. The van der Waals surface area contributed by atoms with Gasteiger partial charge in [-0.25, -0.2) is 14.8 Å². The van der Waals surface area contributed by atoms with Gasteiger partial charge in [-0.05, 0) is 45.6 Å². The number of amides is 1. The van der Waals surface area contributed by atoms with Crippen molar-refractivity contribution in [2.45, 2.75) is 72.4 Å². The molecule has 1 aliphatic rings. The van der Waals surface area contributed by atoms with Gasteiger partial charge in [0.2, 0.25) is 0 Å². The minimum absolute atomic E-state index is 0.184. The predicted octanol–water partition coefficient (Wildman–Crippen LogP) is 4.37. The van der Waals surface area contributed by atoms with Gasteiger partial charge in [0.15, 0.2) is 5.13 Å². The molecule has 0 saturated carbocycles. The maximum absolute atomic E-state index is 12.7. The van der Waals surface area contributed by atoms with Crippen molar-refractivity contribution < 1.29 is 19.4 Å². The number of aromatic carboxylic acids is 1. The van der Waals surface area contributed by atoms with E-state index in [0.717, 1.165) is 24.8 Å². The van der Waals surface area contributed by atoms with Gasteiger partial charge in [-0.1, -0.05) is 43.2 Å². The highest BCUT2D eigenvalue weighted by Gasteiger charge is 2.33. The molecule has 1 saturated heterocycles. The van der Waals surface area contributed by atoms with Crippen LogP contribution >= 0.6 is 22.9 Å². The number of carboxylic acids is 1. The molecule has 178 valence electrons. The summed E-state index contributed by atoms with van der Waals surface area (Å²) >= 11 is 7.35. The van der Waals surface area contributed by atoms with Crippen LogP contribution in [-0.2, 0) is 9.53 Å². The Balaban J connectivity index is 2.13. The lowest BCUT2D eigenvalue weighted by atomic mass is 10.0. The van der Waals surface area contributed by atoms with Crippen molar-refractivity contribution in [3.8, 4) is 0 Å². The molecular formula is C22H33ClN4O4S. The third-order valence-corrected chi connectivity index (χ3v) is 7.05. The number of rotatable bonds is 10. The minimum atomic E-state index is -0.968. The number of aromatic nitrogens is 1. The normalized spacial score (nSPS) is 20.2. The molecule has 1 aromatic heterocycles. The van der Waals surface area contributed by atoms with Crippen molar-refractivity contribution in [2.75, 3.05) is 24.6 Å². The zero-order valence-electron chi connectivity index (χ0n) is 19.4. The molecule has 0 radical (unpaired) electrons. The molecule has 1 fully saturated rings. The van der Waals surface area contributed by atoms with Gasteiger partial charge in [0.1, 0.15) is 15.7 Å². The van der Waals surface area contributed by atoms with E-state index in [0.29, 0.717) is 47.8 Å². The molecule has 0 aliphatic carbocycles. The van der Waals surface area contributed by atoms with Crippen LogP contribution in [0, 0.1) is 6.92 Å². The molecule has 8 nitrogen and oxygen atoms in total. The number of unbranched alkanes of at least 4 members (excludes halogenated alkanes) is 1. The predicted molar refractivity (Wildman–Crippen MR) is 129 cm³/mol. The maximum Gasteiger partial charge on any atom is 0.347 e. The zero-order chi connectivity index (χ0) is 23.8. The Morgan fingerprint density at radius 1 is 1.38 bits per heavy atom. The summed E-state index contributed by atoms with van der Waals surface area (Å²) in [5, 5.41) is 13.4. The molecule has 2 heterocycles. The third kappa shape index (κ3) is 7.02. The molecule has 0 spiro atoms. The topological polar surface area (TPSA) is 104 Å². The van der Waals surface area contributed by atoms with Gasteiger partial charge in [-0.15, -0.1) is 0 Å². The van der Waals surface area contributed by atoms with E-state index >= 15 is 0 Å². The zero-order valence-corrected chi connectivity index (χ0v) is 21.0. The molecule has 1 amide bonds. The number of allylic oxidation sites excluding steroid dienone is 1. The summed E-state index contributed by atoms with van der Waals surface area (Å²) in [6.45, 7) is 11.1. The Morgan fingerprint density at radius 3 is 2.69 bits per heavy atom. The lowest BCUT2D eigenvalue weighted by Gasteiger charge is -2.38. The first-order chi connectivity index (χ1) is 15.2. The van der Waals surface area contributed by atoms with Gasteiger partial charge in [0.05, 0.1) is 17.8 Å². The second-order valence-corrected chi connectivity index (χ2v) is 9.25. The van der Waals surface area contributed by atoms with Crippen LogP contribution < -0.4 is 10.2 Å². The van der Waals surface area contributed by atoms with Crippen LogP contribution in [0.4, 0.5) is 5.13 Å². The number of nitrogens with one attached hydrogen (secondary N) is 1. The number of aliphatic imine (C=N–C) groups is 1. The highest BCUT2D eigenvalue weighted by molar-refractivity contribution is 7.17. The number of carboxylic acid groups (broad SMARTS) is 1. The number of piperidine rings is 1. The van der Waals surface area contributed by atoms with Gasteiger partial charge in [-0.3, -0.25) is 4.79 Å². The third-order valence-electron chi connectivity index (χ3n) is 5.43. The van der Waals surface area contributed by atoms with Gasteiger partial charge < -0.3 is 20.1 Å². The molecule has 10 heteroatoms. The first-order valence-electron chi connectivity index (χ1n) is 11.0. The molecular weight excluding hydrogens is 452 g/mol. The van der Waals surface area contributed by atoms with E-state index in [-0.39, 0.29) is 22.9 Å². The standard InChI is InChI=1S/C22H33ClN4O4S/c1-6-8-11-31-17-12-27(22-25-14(4)18(32-22)21(29)30)10-9-16(17)26-20(28)15(5)24-19(23)13(3)7-2/h16-17H,6-12H2,1-5H3,(H,26,28)(H,29,30)/b19-13+,24-15+/t16-,17+/m1/s1. The molecule has 1 aromatic rings. The molecule has 0 aromatic carbocycles. The van der Waals surface area contributed by atoms with E-state index in [4.69, 9.17) is 16.3 Å². The lowest BCUT2D eigenvalue weighted by Crippen LogP contribution is -2.56. The monoisotopic (exact) mass is 484 g/mol. The van der Waals surface area contributed by atoms with Crippen LogP contribution in [0.15, 0.2) is 15.7 Å². The number of thiazole rings is 1. The Hall–Kier alpha value is -1.97. The fourth-order valence-electron chi connectivity index (χ4n) is 3.23. The van der Waals surface area contributed by atoms with E-state index < -0.39 is 5.97 Å². The number of carbonyl (C=O) groups excluding carboxylic acids is 1. The average Bonchev–Trinajstić information content (AvgIpc) is 3.16. The number of ether oxygens (including phenoxy) is 1. The number of nitrogens with zero attached hydrogens (tertiary/aromatic N) is 3. The number of carbonyl (C=O) groups is 2. The Kier molecular flexibility index (Phi) is 10.1. The molecule has 0 bridgehead atoms. The Labute approximate surface area is 198 Å². The van der Waals surface area contributed by atoms with Crippen molar-refractivity contribution in [2.24, 2.45) is 4.99 Å². The van der Waals surface area contributed by atoms with Crippen molar-refractivity contribution in [3.05, 3.63) is 21.3 Å². The maximum atomic E-state index is 12.7. The van der Waals surface area contributed by atoms with Crippen LogP contribution in [-0.4, -0.2) is 59.5 Å². The summed E-state index contributed by atoms with van der Waals surface area (Å²) in [5.41, 5.74) is 1.74. The number of halogens is 1. The molecule has 2 rings (SSSR count). The fourth-order valence-corrected chi connectivity index (χ4v) is 4.43. The van der Waals surface area contributed by atoms with E-state index in [1.165, 1.54) is 11.3 Å². The molecule has 2 atom stereocenters. The SMILES string of the molecule is CCCCO[C@H]1CN(c2nc(C)c(C(=O)O)s2)CC[C@H]1NC(=O)/C(C)=N/C(Cl)=C(\C)CC. The molecule has 0 unspecified atom stereocenters. The fraction of sp³-hybridized carbons (Fsp3) is 0.636. The van der Waals surface area contributed by atoms with Crippen LogP contribution in [0.1, 0.15) is 68.7 Å². The van der Waals surface area contributed by atoms with Crippen molar-refractivity contribution in [3.63, 3.8) is 0 Å². The van der Waals surface area contributed by atoms with Crippen LogP contribution in [0.25, 0.3) is 0 Å². The summed E-state index contributed by atoms with van der Waals surface area (Å²) in [7, 11) is 0. The molecule has 1 aliphatic heterocycles. The van der Waals surface area contributed by atoms with E-state index in [1.807, 2.05) is 18.7 Å². The summed E-state index contributed by atoms with van der Waals surface area (Å²) < 4.78 is 6.12. The van der Waals surface area contributed by atoms with Crippen molar-refractivity contribution >= 4 is 45.7 Å². The lowest BCUT2D eigenvalue weighted by molar-refractivity contribution is -0.117. The van der Waals surface area contributed by atoms with E-state index in [9.17, 15) is 14.7 Å². The number of anilines is 1. The van der Waals surface area contributed by atoms with E-state index in [2.05, 4.69) is 22.2 Å². The van der Waals surface area contributed by atoms with Crippen LogP contribution in [0.3, 0.4) is 0 Å². The average molecular weight is 485 g/mol. The second kappa shape index (κ2) is 12.3. The highest BCUT2D eigenvalue weighted by Crippen LogP contribution is 2.29. The number of hydrogen-bond donors (Lipinski definition) is 2. The van der Waals surface area contributed by atoms with E-state index in [1.54, 1.807) is 13.8 Å². The van der Waals surface area contributed by atoms with Gasteiger partial charge in [0, 0.05) is 19.7 Å². The van der Waals surface area contributed by atoms with Crippen LogP contribution in [0.5, 0.6) is 0 Å². The molecule has 32 heavy (non-hydrogen) atoms. The van der Waals surface area contributed by atoms with Gasteiger partial charge in [-0.2, -0.15) is 0 Å². The van der Waals surface area contributed by atoms with Crippen LogP contribution in [0.2, 0.25) is 0 Å². The summed E-state index contributed by atoms with van der Waals surface area (Å²) in [4.78, 5) is 35.1. The Bertz CT molecular complexity index is 883. The smallest absolute Gasteiger partial charge is 0.347 e. The van der Waals surface area contributed by atoms with Gasteiger partial charge >= 0.3 is 5.97 Å². The number of hydrogen-bond acceptors (Lipinski definition) is 7. The first-order valence-corrected chi connectivity index (χ1v) is 12.2. The largest absolute Gasteiger partial charge is 0.477 e. The minimum Gasteiger partial charge on any atom is -0.477 e. The van der Waals surface area contributed by atoms with Crippen molar-refractivity contribution in [1.82, 2.24) is 10.3 Å². The number of aryl methyl sites for hydroxylation is 1. The van der Waals surface area contributed by atoms with Crippen molar-refractivity contribution in [1.29, 1.82) is 0 Å². The first kappa shape index (κ1) is 26.3. The second-order valence-electron chi connectivity index (χ2n) is 7.92.